The minimum Gasteiger partial charge on any atom is -0.493 e. The summed E-state index contributed by atoms with van der Waals surface area (Å²) in [5.41, 5.74) is 0.977. The van der Waals surface area contributed by atoms with Crippen molar-refractivity contribution < 1.29 is 14.3 Å². The summed E-state index contributed by atoms with van der Waals surface area (Å²) < 4.78 is 11.2. The molecule has 1 N–H and O–H groups in total. The number of unbranched alkanes of at least 4 members (excludes halogenated alkanes) is 3. The fraction of sp³-hybridized carbons (Fsp3) is 0.304. The fourth-order valence-corrected chi connectivity index (χ4v) is 3.27. The molecule has 5 nitrogen and oxygen atoms in total. The smallest absolute Gasteiger partial charge is 0.266 e. The Morgan fingerprint density at radius 2 is 1.83 bits per heavy atom. The van der Waals surface area contributed by atoms with Crippen LogP contribution in [0, 0.1) is 11.3 Å². The number of carbonyl (C=O) groups excluding carboxylic acids is 1. The van der Waals surface area contributed by atoms with E-state index in [0.29, 0.717) is 39.4 Å². The quantitative estimate of drug-likeness (QED) is 0.256. The number of hydrogen-bond acceptors (Lipinski definition) is 4. The number of nitrogens with one attached hydrogen (secondary N) is 1. The van der Waals surface area contributed by atoms with E-state index < -0.39 is 5.91 Å². The van der Waals surface area contributed by atoms with Crippen molar-refractivity contribution in [1.82, 2.24) is 0 Å². The predicted octanol–water partition coefficient (Wildman–Crippen LogP) is 6.51. The van der Waals surface area contributed by atoms with Gasteiger partial charge in [-0.05, 0) is 48.4 Å². The maximum atomic E-state index is 12.5. The monoisotopic (exact) mass is 446 g/mol. The van der Waals surface area contributed by atoms with E-state index in [2.05, 4.69) is 12.2 Å². The summed E-state index contributed by atoms with van der Waals surface area (Å²) >= 11 is 11.9. The van der Waals surface area contributed by atoms with E-state index in [-0.39, 0.29) is 5.57 Å². The first-order valence-electron chi connectivity index (χ1n) is 9.67. The second kappa shape index (κ2) is 12.1. The topological polar surface area (TPSA) is 71.3 Å². The van der Waals surface area contributed by atoms with E-state index in [0.717, 1.165) is 12.8 Å². The van der Waals surface area contributed by atoms with Gasteiger partial charge in [0.15, 0.2) is 11.5 Å². The Morgan fingerprint density at radius 1 is 1.10 bits per heavy atom. The first-order chi connectivity index (χ1) is 14.5. The SMILES string of the molecule is CCCCCCOc1ccc(/C=C(\C#N)C(=O)Nc2cc(Cl)cc(Cl)c2)cc1OC. The molecule has 1 amide bonds. The van der Waals surface area contributed by atoms with Gasteiger partial charge in [-0.1, -0.05) is 55.5 Å². The van der Waals surface area contributed by atoms with E-state index in [1.54, 1.807) is 43.5 Å². The summed E-state index contributed by atoms with van der Waals surface area (Å²) in [6, 6.07) is 11.8. The molecule has 0 bridgehead atoms. The van der Waals surface area contributed by atoms with Crippen LogP contribution >= 0.6 is 23.2 Å². The van der Waals surface area contributed by atoms with Crippen LogP contribution in [0.5, 0.6) is 11.5 Å². The lowest BCUT2D eigenvalue weighted by Crippen LogP contribution is -2.13. The van der Waals surface area contributed by atoms with E-state index in [9.17, 15) is 10.1 Å². The Hall–Kier alpha value is -2.68. The average Bonchev–Trinajstić information content (AvgIpc) is 2.71. The number of nitrogens with zero attached hydrogens (tertiary/aromatic N) is 1. The number of halogens is 2. The number of carbonyl (C=O) groups is 1. The van der Waals surface area contributed by atoms with Crippen molar-refractivity contribution in [2.24, 2.45) is 0 Å². The molecule has 7 heteroatoms. The molecule has 0 aliphatic heterocycles. The molecule has 0 aromatic heterocycles. The number of ether oxygens (including phenoxy) is 2. The van der Waals surface area contributed by atoms with Crippen LogP contribution in [0.1, 0.15) is 38.2 Å². The van der Waals surface area contributed by atoms with Crippen molar-refractivity contribution in [2.45, 2.75) is 32.6 Å². The molecule has 0 radical (unpaired) electrons. The number of methoxy groups -OCH3 is 1. The van der Waals surface area contributed by atoms with Crippen LogP contribution < -0.4 is 14.8 Å². The predicted molar refractivity (Wildman–Crippen MR) is 121 cm³/mol. The maximum absolute atomic E-state index is 12.5. The van der Waals surface area contributed by atoms with Gasteiger partial charge in [0.25, 0.3) is 5.91 Å². The Morgan fingerprint density at radius 3 is 2.47 bits per heavy atom. The number of nitriles is 1. The Bertz CT molecular complexity index is 932. The van der Waals surface area contributed by atoms with Crippen molar-refractivity contribution in [1.29, 1.82) is 5.26 Å². The zero-order chi connectivity index (χ0) is 21.9. The second-order valence-electron chi connectivity index (χ2n) is 6.60. The molecule has 158 valence electrons. The summed E-state index contributed by atoms with van der Waals surface area (Å²) in [5.74, 6) is 0.604. The lowest BCUT2D eigenvalue weighted by Gasteiger charge is -2.11. The molecule has 0 heterocycles. The molecule has 30 heavy (non-hydrogen) atoms. The molecule has 0 unspecified atom stereocenters. The number of anilines is 1. The fourth-order valence-electron chi connectivity index (χ4n) is 2.74. The highest BCUT2D eigenvalue weighted by molar-refractivity contribution is 6.35. The first-order valence-corrected chi connectivity index (χ1v) is 10.4. The van der Waals surface area contributed by atoms with Gasteiger partial charge in [0.2, 0.25) is 0 Å². The van der Waals surface area contributed by atoms with Gasteiger partial charge in [0.1, 0.15) is 11.6 Å². The Balaban J connectivity index is 2.12. The van der Waals surface area contributed by atoms with Crippen molar-refractivity contribution in [2.75, 3.05) is 19.0 Å². The van der Waals surface area contributed by atoms with E-state index in [1.807, 2.05) is 6.07 Å². The molecular formula is C23H24Cl2N2O3. The second-order valence-corrected chi connectivity index (χ2v) is 7.47. The summed E-state index contributed by atoms with van der Waals surface area (Å²) in [6.07, 6.45) is 5.94. The molecule has 2 aromatic carbocycles. The lowest BCUT2D eigenvalue weighted by molar-refractivity contribution is -0.112. The van der Waals surface area contributed by atoms with Crippen molar-refractivity contribution in [3.63, 3.8) is 0 Å². The minimum atomic E-state index is -0.564. The summed E-state index contributed by atoms with van der Waals surface area (Å²) in [7, 11) is 1.55. The van der Waals surface area contributed by atoms with Crippen LogP contribution in [0.2, 0.25) is 10.0 Å². The Kier molecular flexibility index (Phi) is 9.53. The molecule has 0 spiro atoms. The van der Waals surface area contributed by atoms with Crippen LogP contribution in [-0.2, 0) is 4.79 Å². The zero-order valence-corrected chi connectivity index (χ0v) is 18.5. The zero-order valence-electron chi connectivity index (χ0n) is 17.0. The number of amides is 1. The van der Waals surface area contributed by atoms with Gasteiger partial charge in [0.05, 0.1) is 13.7 Å². The maximum Gasteiger partial charge on any atom is 0.266 e. The summed E-state index contributed by atoms with van der Waals surface area (Å²) in [5, 5.41) is 12.8. The highest BCUT2D eigenvalue weighted by Gasteiger charge is 2.12. The van der Waals surface area contributed by atoms with Gasteiger partial charge in [-0.2, -0.15) is 5.26 Å². The molecular weight excluding hydrogens is 423 g/mol. The molecule has 0 saturated carbocycles. The molecule has 0 aliphatic carbocycles. The van der Waals surface area contributed by atoms with E-state index >= 15 is 0 Å². The van der Waals surface area contributed by atoms with Crippen LogP contribution in [0.3, 0.4) is 0 Å². The van der Waals surface area contributed by atoms with Crippen LogP contribution in [0.4, 0.5) is 5.69 Å². The molecule has 0 atom stereocenters. The number of benzene rings is 2. The highest BCUT2D eigenvalue weighted by Crippen LogP contribution is 2.29. The van der Waals surface area contributed by atoms with Crippen LogP contribution in [0.15, 0.2) is 42.0 Å². The molecule has 0 saturated heterocycles. The van der Waals surface area contributed by atoms with E-state index in [1.165, 1.54) is 18.9 Å². The van der Waals surface area contributed by atoms with Gasteiger partial charge in [-0.15, -0.1) is 0 Å². The lowest BCUT2D eigenvalue weighted by atomic mass is 10.1. The number of hydrogen-bond donors (Lipinski definition) is 1. The minimum absolute atomic E-state index is 0.0682. The Labute approximate surface area is 187 Å². The van der Waals surface area contributed by atoms with Gasteiger partial charge in [0, 0.05) is 15.7 Å². The van der Waals surface area contributed by atoms with Crippen molar-refractivity contribution in [3.05, 3.63) is 57.6 Å². The van der Waals surface area contributed by atoms with Gasteiger partial charge >= 0.3 is 0 Å². The highest BCUT2D eigenvalue weighted by atomic mass is 35.5. The van der Waals surface area contributed by atoms with Gasteiger partial charge in [-0.3, -0.25) is 4.79 Å². The number of rotatable bonds is 10. The molecule has 2 rings (SSSR count). The van der Waals surface area contributed by atoms with Crippen molar-refractivity contribution in [3.8, 4) is 17.6 Å². The van der Waals surface area contributed by atoms with Crippen LogP contribution in [-0.4, -0.2) is 19.6 Å². The third-order valence-corrected chi connectivity index (χ3v) is 4.68. The summed E-state index contributed by atoms with van der Waals surface area (Å²) in [6.45, 7) is 2.77. The third kappa shape index (κ3) is 7.29. The molecule has 0 aliphatic rings. The van der Waals surface area contributed by atoms with Crippen molar-refractivity contribution >= 4 is 40.9 Å². The van der Waals surface area contributed by atoms with E-state index in [4.69, 9.17) is 32.7 Å². The summed E-state index contributed by atoms with van der Waals surface area (Å²) in [4.78, 5) is 12.5. The van der Waals surface area contributed by atoms with Gasteiger partial charge in [-0.25, -0.2) is 0 Å². The van der Waals surface area contributed by atoms with Gasteiger partial charge < -0.3 is 14.8 Å². The third-order valence-electron chi connectivity index (χ3n) is 4.24. The standard InChI is InChI=1S/C23H24Cl2N2O3/c1-3-4-5-6-9-30-21-8-7-16(11-22(21)29-2)10-17(15-26)23(28)27-20-13-18(24)12-19(25)14-20/h7-8,10-14H,3-6,9H2,1-2H3,(H,27,28)/b17-10+. The normalized spacial score (nSPS) is 11.0. The molecule has 2 aromatic rings. The largest absolute Gasteiger partial charge is 0.493 e. The average molecular weight is 447 g/mol. The van der Waals surface area contributed by atoms with Crippen LogP contribution in [0.25, 0.3) is 6.08 Å². The molecule has 0 fully saturated rings. The first kappa shape index (κ1) is 23.6.